The molecule has 0 atom stereocenters. The molecule has 126 valence electrons. The summed E-state index contributed by atoms with van der Waals surface area (Å²) < 4.78 is 15.1. The largest absolute Gasteiger partial charge is 0.495 e. The first kappa shape index (κ1) is 19.6. The van der Waals surface area contributed by atoms with E-state index in [1.807, 2.05) is 0 Å². The molecule has 0 aromatic carbocycles. The van der Waals surface area contributed by atoms with E-state index in [4.69, 9.17) is 37.8 Å². The second-order valence-corrected chi connectivity index (χ2v) is 7.06. The summed E-state index contributed by atoms with van der Waals surface area (Å²) in [5.74, 6) is -0.674. The summed E-state index contributed by atoms with van der Waals surface area (Å²) in [6.45, 7) is 0. The quantitative estimate of drug-likeness (QED) is 0.772. The second kappa shape index (κ2) is 8.97. The lowest BCUT2D eigenvalue weighted by molar-refractivity contribution is 0.0602. The second-order valence-electron chi connectivity index (χ2n) is 3.69. The molecule has 2 rings (SSSR count). The first-order chi connectivity index (χ1) is 10.8. The molecular weight excluding hydrogens is 387 g/mol. The number of methoxy groups -OCH3 is 3. The molecule has 0 spiro atoms. The van der Waals surface area contributed by atoms with Crippen molar-refractivity contribution in [1.29, 1.82) is 0 Å². The van der Waals surface area contributed by atoms with Crippen molar-refractivity contribution in [2.24, 2.45) is 0 Å². The van der Waals surface area contributed by atoms with Crippen molar-refractivity contribution < 1.29 is 28.9 Å². The maximum absolute atomic E-state index is 11.1. The van der Waals surface area contributed by atoms with E-state index in [9.17, 15) is 9.59 Å². The van der Waals surface area contributed by atoms with Gasteiger partial charge in [-0.25, -0.2) is 9.59 Å². The highest BCUT2D eigenvalue weighted by atomic mass is 35.5. The van der Waals surface area contributed by atoms with Crippen LogP contribution in [-0.4, -0.2) is 38.4 Å². The van der Waals surface area contributed by atoms with Gasteiger partial charge in [0.15, 0.2) is 9.75 Å². The molecule has 0 saturated heterocycles. The zero-order valence-electron chi connectivity index (χ0n) is 12.2. The Morgan fingerprint density at radius 2 is 1.39 bits per heavy atom. The summed E-state index contributed by atoms with van der Waals surface area (Å²) >= 11 is 13.4. The van der Waals surface area contributed by atoms with Gasteiger partial charge in [-0.15, -0.1) is 22.7 Å². The molecule has 23 heavy (non-hydrogen) atoms. The molecule has 0 radical (unpaired) electrons. The van der Waals surface area contributed by atoms with Gasteiger partial charge in [0, 0.05) is 12.1 Å². The van der Waals surface area contributed by atoms with E-state index in [-0.39, 0.29) is 4.88 Å². The predicted octanol–water partition coefficient (Wildman–Crippen LogP) is 4.31. The van der Waals surface area contributed by atoms with E-state index in [1.165, 1.54) is 27.4 Å². The number of ether oxygens (including phenoxy) is 3. The van der Waals surface area contributed by atoms with Crippen LogP contribution < -0.4 is 9.47 Å². The molecule has 2 aromatic heterocycles. The maximum Gasteiger partial charge on any atom is 0.351 e. The van der Waals surface area contributed by atoms with E-state index < -0.39 is 11.9 Å². The molecule has 10 heteroatoms. The Labute approximate surface area is 150 Å². The van der Waals surface area contributed by atoms with Crippen molar-refractivity contribution in [3.63, 3.8) is 0 Å². The Kier molecular flexibility index (Phi) is 7.63. The van der Waals surface area contributed by atoms with Gasteiger partial charge in [-0.1, -0.05) is 23.2 Å². The van der Waals surface area contributed by atoms with E-state index in [2.05, 4.69) is 4.74 Å². The fraction of sp³-hybridized carbons (Fsp3) is 0.231. The average molecular weight is 399 g/mol. The standard InChI is InChI=1S/C7H7ClO3S.C6H5ClO3S/c1-10-4-3-5(8)12-6(4)7(9)11-2;1-10-3-2-4(7)11-5(3)6(8)9/h3H,1-2H3;2H,1H3,(H,8,9). The summed E-state index contributed by atoms with van der Waals surface area (Å²) in [6, 6.07) is 3.06. The van der Waals surface area contributed by atoms with E-state index in [0.29, 0.717) is 25.0 Å². The van der Waals surface area contributed by atoms with Crippen molar-refractivity contribution in [2.45, 2.75) is 0 Å². The highest BCUT2D eigenvalue weighted by Gasteiger charge is 2.16. The number of hydrogen-bond donors (Lipinski definition) is 1. The van der Waals surface area contributed by atoms with Gasteiger partial charge in [-0.3, -0.25) is 0 Å². The van der Waals surface area contributed by atoms with Gasteiger partial charge in [0.05, 0.1) is 30.0 Å². The van der Waals surface area contributed by atoms with Crippen LogP contribution in [-0.2, 0) is 4.74 Å². The van der Waals surface area contributed by atoms with Crippen LogP contribution >= 0.6 is 45.9 Å². The SMILES string of the molecule is COC(=O)c1sc(Cl)cc1OC.COc1cc(Cl)sc1C(=O)O. The number of carbonyl (C=O) groups is 2. The first-order valence-electron chi connectivity index (χ1n) is 5.82. The van der Waals surface area contributed by atoms with Gasteiger partial charge in [0.2, 0.25) is 0 Å². The van der Waals surface area contributed by atoms with Crippen molar-refractivity contribution in [2.75, 3.05) is 21.3 Å². The van der Waals surface area contributed by atoms with Crippen LogP contribution in [0.1, 0.15) is 19.3 Å². The average Bonchev–Trinajstić information content (AvgIpc) is 3.09. The molecule has 0 aliphatic carbocycles. The normalized spacial score (nSPS) is 9.61. The molecule has 0 aliphatic rings. The summed E-state index contributed by atoms with van der Waals surface area (Å²) in [5, 5.41) is 8.58. The first-order valence-corrected chi connectivity index (χ1v) is 8.21. The minimum atomic E-state index is -1.02. The van der Waals surface area contributed by atoms with E-state index in [0.717, 1.165) is 22.7 Å². The Morgan fingerprint density at radius 3 is 1.74 bits per heavy atom. The van der Waals surface area contributed by atoms with Gasteiger partial charge in [0.1, 0.15) is 11.5 Å². The lowest BCUT2D eigenvalue weighted by Gasteiger charge is -1.98. The van der Waals surface area contributed by atoms with Crippen LogP contribution in [0.15, 0.2) is 12.1 Å². The molecule has 2 aromatic rings. The smallest absolute Gasteiger partial charge is 0.351 e. The van der Waals surface area contributed by atoms with Crippen molar-refractivity contribution >= 4 is 57.8 Å². The molecule has 0 amide bonds. The molecule has 1 N–H and O–H groups in total. The molecule has 0 aliphatic heterocycles. The highest BCUT2D eigenvalue weighted by Crippen LogP contribution is 2.33. The van der Waals surface area contributed by atoms with Crippen LogP contribution in [0, 0.1) is 0 Å². The summed E-state index contributed by atoms with van der Waals surface area (Å²) in [6.07, 6.45) is 0. The maximum atomic E-state index is 11.1. The van der Waals surface area contributed by atoms with Gasteiger partial charge < -0.3 is 19.3 Å². The fourth-order valence-electron chi connectivity index (χ4n) is 1.38. The number of hydrogen-bond acceptors (Lipinski definition) is 7. The molecule has 6 nitrogen and oxygen atoms in total. The van der Waals surface area contributed by atoms with E-state index in [1.54, 1.807) is 6.07 Å². The molecule has 0 unspecified atom stereocenters. The van der Waals surface area contributed by atoms with Crippen LogP contribution in [0.5, 0.6) is 11.5 Å². The number of rotatable bonds is 4. The molecule has 2 heterocycles. The predicted molar refractivity (Wildman–Crippen MR) is 90.1 cm³/mol. The monoisotopic (exact) mass is 398 g/mol. The number of carbonyl (C=O) groups excluding carboxylic acids is 1. The van der Waals surface area contributed by atoms with Gasteiger partial charge in [-0.05, 0) is 0 Å². The van der Waals surface area contributed by atoms with Crippen molar-refractivity contribution in [1.82, 2.24) is 0 Å². The number of carboxylic acids is 1. The Balaban J connectivity index is 0.000000231. The van der Waals surface area contributed by atoms with Crippen LogP contribution in [0.2, 0.25) is 8.67 Å². The lowest BCUT2D eigenvalue weighted by Crippen LogP contribution is -1.99. The number of esters is 1. The third-order valence-electron chi connectivity index (χ3n) is 2.34. The number of carboxylic acid groups (broad SMARTS) is 1. The van der Waals surface area contributed by atoms with Gasteiger partial charge in [-0.2, -0.15) is 0 Å². The molecule has 0 bridgehead atoms. The zero-order chi connectivity index (χ0) is 17.6. The summed E-state index contributed by atoms with van der Waals surface area (Å²) in [5.41, 5.74) is 0. The van der Waals surface area contributed by atoms with Crippen LogP contribution in [0.4, 0.5) is 0 Å². The Morgan fingerprint density at radius 1 is 0.957 bits per heavy atom. The fourth-order valence-corrected chi connectivity index (χ4v) is 3.50. The van der Waals surface area contributed by atoms with Crippen LogP contribution in [0.3, 0.4) is 0 Å². The van der Waals surface area contributed by atoms with Gasteiger partial charge in [0.25, 0.3) is 0 Å². The third kappa shape index (κ3) is 5.28. The number of halogens is 2. The lowest BCUT2D eigenvalue weighted by atomic mass is 10.4. The molecular formula is C13H12Cl2O6S2. The Hall–Kier alpha value is -1.48. The Bertz CT molecular complexity index is 695. The number of aromatic carboxylic acids is 1. The van der Waals surface area contributed by atoms with E-state index >= 15 is 0 Å². The highest BCUT2D eigenvalue weighted by molar-refractivity contribution is 7.18. The summed E-state index contributed by atoms with van der Waals surface area (Å²) in [4.78, 5) is 22.1. The zero-order valence-corrected chi connectivity index (χ0v) is 15.4. The van der Waals surface area contributed by atoms with Gasteiger partial charge >= 0.3 is 11.9 Å². The minimum absolute atomic E-state index is 0.137. The van der Waals surface area contributed by atoms with Crippen molar-refractivity contribution in [3.8, 4) is 11.5 Å². The minimum Gasteiger partial charge on any atom is -0.495 e. The number of thiophene rings is 2. The molecule has 0 saturated carbocycles. The summed E-state index contributed by atoms with van der Waals surface area (Å²) in [7, 11) is 4.20. The van der Waals surface area contributed by atoms with Crippen molar-refractivity contribution in [3.05, 3.63) is 30.6 Å². The third-order valence-corrected chi connectivity index (χ3v) is 4.80. The topological polar surface area (TPSA) is 82.1 Å². The molecule has 0 fully saturated rings. The van der Waals surface area contributed by atoms with Crippen LogP contribution in [0.25, 0.3) is 0 Å².